The lowest BCUT2D eigenvalue weighted by molar-refractivity contribution is -0.134. The summed E-state index contributed by atoms with van der Waals surface area (Å²) < 4.78 is 18.0. The molecule has 2 saturated heterocycles. The Balaban J connectivity index is 1.24. The number of aromatic nitrogens is 3. The van der Waals surface area contributed by atoms with Gasteiger partial charge in [-0.15, -0.1) is 0 Å². The molecule has 206 valence electrons. The van der Waals surface area contributed by atoms with E-state index in [9.17, 15) is 14.7 Å². The zero-order valence-corrected chi connectivity index (χ0v) is 22.6. The van der Waals surface area contributed by atoms with Crippen LogP contribution in [0, 0.1) is 11.2 Å². The van der Waals surface area contributed by atoms with Crippen molar-refractivity contribution in [3.63, 3.8) is 0 Å². The Morgan fingerprint density at radius 2 is 1.95 bits per heavy atom. The fourth-order valence-electron chi connectivity index (χ4n) is 6.20. The molecule has 40 heavy (non-hydrogen) atoms. The number of hydrogen-bond acceptors (Lipinski definition) is 6. The number of likely N-dealkylation sites (tertiary alicyclic amines) is 1. The highest BCUT2D eigenvalue weighted by Crippen LogP contribution is 2.48. The number of rotatable bonds is 5. The van der Waals surface area contributed by atoms with E-state index in [2.05, 4.69) is 32.4 Å². The van der Waals surface area contributed by atoms with Crippen molar-refractivity contribution in [1.29, 1.82) is 0 Å². The molecule has 2 aromatic carbocycles. The van der Waals surface area contributed by atoms with E-state index in [1.54, 1.807) is 30.6 Å². The van der Waals surface area contributed by atoms with Gasteiger partial charge < -0.3 is 5.11 Å². The zero-order valence-electron chi connectivity index (χ0n) is 22.6. The molecule has 0 aliphatic carbocycles. The topological polar surface area (TPSA) is 100 Å². The summed E-state index contributed by atoms with van der Waals surface area (Å²) in [4.78, 5) is 30.7. The molecule has 2 N–H and O–H groups in total. The molecular formula is C31H32FN5O3. The van der Waals surface area contributed by atoms with E-state index >= 15 is 4.39 Å². The Bertz CT molecular complexity index is 1580. The van der Waals surface area contributed by atoms with Gasteiger partial charge in [0.25, 0.3) is 0 Å². The number of piperidine rings is 2. The lowest BCUT2D eigenvalue weighted by atomic mass is 9.66. The van der Waals surface area contributed by atoms with Crippen molar-refractivity contribution in [2.45, 2.75) is 51.2 Å². The molecule has 2 atom stereocenters. The van der Waals surface area contributed by atoms with Crippen LogP contribution in [0.25, 0.3) is 16.6 Å². The van der Waals surface area contributed by atoms with E-state index < -0.39 is 28.7 Å². The minimum absolute atomic E-state index is 0.232. The maximum Gasteiger partial charge on any atom is 0.234 e. The van der Waals surface area contributed by atoms with Crippen LogP contribution in [0.2, 0.25) is 0 Å². The monoisotopic (exact) mass is 541 g/mol. The first kappa shape index (κ1) is 26.3. The van der Waals surface area contributed by atoms with E-state index in [-0.39, 0.29) is 23.3 Å². The highest BCUT2D eigenvalue weighted by molar-refractivity contribution is 6.01. The number of amides is 2. The second-order valence-electron chi connectivity index (χ2n) is 11.6. The van der Waals surface area contributed by atoms with Crippen molar-refractivity contribution in [3.8, 4) is 5.69 Å². The molecule has 2 aromatic heterocycles. The Morgan fingerprint density at radius 1 is 1.15 bits per heavy atom. The van der Waals surface area contributed by atoms with Gasteiger partial charge in [-0.2, -0.15) is 5.10 Å². The Kier molecular flexibility index (Phi) is 6.51. The molecule has 4 aromatic rings. The van der Waals surface area contributed by atoms with Gasteiger partial charge in [-0.3, -0.25) is 24.8 Å². The summed E-state index contributed by atoms with van der Waals surface area (Å²) in [7, 11) is 0. The molecule has 2 amide bonds. The van der Waals surface area contributed by atoms with Crippen LogP contribution in [-0.2, 0) is 21.7 Å². The van der Waals surface area contributed by atoms with E-state index in [4.69, 9.17) is 0 Å². The van der Waals surface area contributed by atoms with Crippen LogP contribution in [0.3, 0.4) is 0 Å². The number of carbonyl (C=O) groups is 2. The number of nitrogens with zero attached hydrogens (tertiary/aromatic N) is 4. The van der Waals surface area contributed by atoms with Gasteiger partial charge in [-0.25, -0.2) is 9.07 Å². The predicted molar refractivity (Wildman–Crippen MR) is 148 cm³/mol. The second kappa shape index (κ2) is 9.91. The Morgan fingerprint density at radius 3 is 2.65 bits per heavy atom. The number of hydrogen-bond donors (Lipinski definition) is 2. The lowest BCUT2D eigenvalue weighted by Gasteiger charge is -2.50. The molecule has 8 nitrogen and oxygen atoms in total. The highest BCUT2D eigenvalue weighted by atomic mass is 19.1. The fourth-order valence-corrected chi connectivity index (χ4v) is 6.20. The van der Waals surface area contributed by atoms with Gasteiger partial charge in [-0.05, 0) is 54.3 Å². The van der Waals surface area contributed by atoms with Gasteiger partial charge in [0.2, 0.25) is 11.8 Å². The number of aliphatic hydroxyl groups is 1. The largest absolute Gasteiger partial charge is 0.384 e. The molecule has 2 fully saturated rings. The molecule has 0 bridgehead atoms. The molecule has 2 aliphatic heterocycles. The van der Waals surface area contributed by atoms with Crippen molar-refractivity contribution < 1.29 is 19.1 Å². The average molecular weight is 542 g/mol. The summed E-state index contributed by atoms with van der Waals surface area (Å²) >= 11 is 0. The third-order valence-electron chi connectivity index (χ3n) is 8.55. The summed E-state index contributed by atoms with van der Waals surface area (Å²) in [6, 6.07) is 15.1. The summed E-state index contributed by atoms with van der Waals surface area (Å²) in [5, 5.41) is 18.9. The van der Waals surface area contributed by atoms with Gasteiger partial charge in [0.05, 0.1) is 22.7 Å². The van der Waals surface area contributed by atoms with Crippen LogP contribution in [-0.4, -0.2) is 49.7 Å². The summed E-state index contributed by atoms with van der Waals surface area (Å²) in [6.45, 7) is 5.85. The van der Waals surface area contributed by atoms with Crippen LogP contribution in [0.15, 0.2) is 67.1 Å². The SMILES string of the molecule is CC1(C)CN(Cc2ccc(-n3cccn3)cc2)CC[C@]1(O)c1ccc2ncc(C3CCC(=O)NC3=O)cc2c1F. The molecule has 0 saturated carbocycles. The van der Waals surface area contributed by atoms with Gasteiger partial charge in [0, 0.05) is 61.0 Å². The summed E-state index contributed by atoms with van der Waals surface area (Å²) in [6.07, 6.45) is 6.18. The molecule has 0 spiro atoms. The molecule has 2 aliphatic rings. The highest BCUT2D eigenvalue weighted by Gasteiger charge is 2.50. The third-order valence-corrected chi connectivity index (χ3v) is 8.55. The van der Waals surface area contributed by atoms with Gasteiger partial charge >= 0.3 is 0 Å². The molecule has 1 unspecified atom stereocenters. The summed E-state index contributed by atoms with van der Waals surface area (Å²) in [5.41, 5.74) is 1.36. The smallest absolute Gasteiger partial charge is 0.234 e. The number of halogens is 1. The van der Waals surface area contributed by atoms with Crippen molar-refractivity contribution in [3.05, 3.63) is 89.6 Å². The first-order valence-electron chi connectivity index (χ1n) is 13.6. The van der Waals surface area contributed by atoms with Crippen molar-refractivity contribution in [2.75, 3.05) is 13.1 Å². The molecule has 6 rings (SSSR count). The van der Waals surface area contributed by atoms with E-state index in [1.807, 2.05) is 42.9 Å². The molecule has 4 heterocycles. The first-order valence-corrected chi connectivity index (χ1v) is 13.6. The van der Waals surface area contributed by atoms with Crippen LogP contribution in [0.1, 0.15) is 55.7 Å². The normalized spacial score (nSPS) is 23.4. The zero-order chi connectivity index (χ0) is 28.1. The maximum absolute atomic E-state index is 16.2. The van der Waals surface area contributed by atoms with Gasteiger partial charge in [-0.1, -0.05) is 32.0 Å². The number of benzene rings is 2. The van der Waals surface area contributed by atoms with Crippen molar-refractivity contribution >= 4 is 22.7 Å². The number of pyridine rings is 1. The minimum Gasteiger partial charge on any atom is -0.384 e. The summed E-state index contributed by atoms with van der Waals surface area (Å²) in [5.74, 6) is -1.77. The predicted octanol–water partition coefficient (Wildman–Crippen LogP) is 4.20. The van der Waals surface area contributed by atoms with Crippen LogP contribution in [0.5, 0.6) is 0 Å². The van der Waals surface area contributed by atoms with Gasteiger partial charge in [0.15, 0.2) is 0 Å². The standard InChI is InChI=1S/C31H32FN5O3/c1-30(2)19-36(18-20-4-6-22(7-5-20)37-14-3-13-34-37)15-12-31(30,40)25-9-10-26-24(28(25)32)16-21(17-33-26)23-8-11-27(38)35-29(23)39/h3-7,9-10,13-14,16-17,23,40H,8,11-12,15,18-19H2,1-2H3,(H,35,38,39)/t23?,31-/m0/s1. The number of imide groups is 1. The molecule has 0 radical (unpaired) electrons. The number of nitrogens with one attached hydrogen (secondary N) is 1. The molecule has 9 heteroatoms. The first-order chi connectivity index (χ1) is 19.1. The maximum atomic E-state index is 16.2. The second-order valence-corrected chi connectivity index (χ2v) is 11.6. The van der Waals surface area contributed by atoms with E-state index in [0.29, 0.717) is 37.0 Å². The van der Waals surface area contributed by atoms with Gasteiger partial charge in [0.1, 0.15) is 5.82 Å². The third kappa shape index (κ3) is 4.59. The number of carbonyl (C=O) groups excluding carboxylic acids is 2. The van der Waals surface area contributed by atoms with Crippen LogP contribution in [0.4, 0.5) is 4.39 Å². The van der Waals surface area contributed by atoms with Crippen LogP contribution >= 0.6 is 0 Å². The van der Waals surface area contributed by atoms with E-state index in [1.165, 1.54) is 0 Å². The lowest BCUT2D eigenvalue weighted by Crippen LogP contribution is -2.55. The fraction of sp³-hybridized carbons (Fsp3) is 0.355. The van der Waals surface area contributed by atoms with E-state index in [0.717, 1.165) is 17.8 Å². The molecular weight excluding hydrogens is 509 g/mol. The average Bonchev–Trinajstić information content (AvgIpc) is 3.47. The Hall–Kier alpha value is -3.95. The number of fused-ring (bicyclic) bond motifs is 1. The Labute approximate surface area is 231 Å². The van der Waals surface area contributed by atoms with Crippen molar-refractivity contribution in [1.82, 2.24) is 25.0 Å². The quantitative estimate of drug-likeness (QED) is 0.368. The van der Waals surface area contributed by atoms with Crippen molar-refractivity contribution in [2.24, 2.45) is 5.41 Å². The minimum atomic E-state index is -1.39. The van der Waals surface area contributed by atoms with Crippen LogP contribution < -0.4 is 5.32 Å².